The Hall–Kier alpha value is -2.90. The molecule has 2 aromatic rings. The molecule has 8 heteroatoms. The van der Waals surface area contributed by atoms with E-state index < -0.39 is 5.60 Å². The Balaban J connectivity index is 1.64. The molecule has 2 amide bonds. The fraction of sp³-hybridized carbons (Fsp3) is 0.375. The van der Waals surface area contributed by atoms with Crippen LogP contribution < -0.4 is 9.64 Å². The Morgan fingerprint density at radius 2 is 1.62 bits per heavy atom. The van der Waals surface area contributed by atoms with Crippen molar-refractivity contribution in [3.05, 3.63) is 58.6 Å². The molecular formula is C24H26ClN3O4. The molecule has 0 aliphatic carbocycles. The molecule has 0 unspecified atom stereocenters. The molecule has 2 aliphatic rings. The van der Waals surface area contributed by atoms with Gasteiger partial charge in [0.2, 0.25) is 0 Å². The second-order valence-electron chi connectivity index (χ2n) is 8.71. The van der Waals surface area contributed by atoms with Crippen molar-refractivity contribution in [2.75, 3.05) is 44.7 Å². The molecule has 0 bridgehead atoms. The highest BCUT2D eigenvalue weighted by Crippen LogP contribution is 2.38. The smallest absolute Gasteiger partial charge is 0.271 e. The molecule has 0 radical (unpaired) electrons. The van der Waals surface area contributed by atoms with Crippen LogP contribution in [0, 0.1) is 0 Å². The number of piperazine rings is 1. The van der Waals surface area contributed by atoms with Crippen LogP contribution in [0.5, 0.6) is 5.75 Å². The topological polar surface area (TPSA) is 70.2 Å². The molecule has 2 aliphatic heterocycles. The Morgan fingerprint density at radius 3 is 2.28 bits per heavy atom. The molecule has 4 rings (SSSR count). The quantitative estimate of drug-likeness (QED) is 0.662. The first kappa shape index (κ1) is 22.3. The van der Waals surface area contributed by atoms with Crippen molar-refractivity contribution in [2.24, 2.45) is 0 Å². The first-order valence-corrected chi connectivity index (χ1v) is 10.9. The van der Waals surface area contributed by atoms with E-state index in [0.717, 1.165) is 13.1 Å². The molecule has 0 spiro atoms. The Labute approximate surface area is 192 Å². The fourth-order valence-corrected chi connectivity index (χ4v) is 4.05. The zero-order chi connectivity index (χ0) is 23.0. The molecule has 1 saturated heterocycles. The van der Waals surface area contributed by atoms with Gasteiger partial charge in [-0.2, -0.15) is 0 Å². The minimum atomic E-state index is -1.13. The van der Waals surface area contributed by atoms with E-state index in [-0.39, 0.29) is 24.1 Å². The average molecular weight is 456 g/mol. The van der Waals surface area contributed by atoms with Gasteiger partial charge in [0.25, 0.3) is 11.8 Å². The summed E-state index contributed by atoms with van der Waals surface area (Å²) in [6, 6.07) is 11.6. The molecule has 2 aromatic carbocycles. The lowest BCUT2D eigenvalue weighted by atomic mass is 10.0. The van der Waals surface area contributed by atoms with E-state index in [1.165, 1.54) is 4.90 Å². The van der Waals surface area contributed by atoms with E-state index in [2.05, 4.69) is 4.90 Å². The van der Waals surface area contributed by atoms with Crippen molar-refractivity contribution in [3.63, 3.8) is 0 Å². The van der Waals surface area contributed by atoms with Crippen LogP contribution in [0.3, 0.4) is 0 Å². The lowest BCUT2D eigenvalue weighted by Gasteiger charge is -2.39. The van der Waals surface area contributed by atoms with Crippen molar-refractivity contribution < 1.29 is 19.1 Å². The van der Waals surface area contributed by atoms with Crippen LogP contribution in [0.2, 0.25) is 5.02 Å². The molecular weight excluding hydrogens is 430 g/mol. The molecule has 1 fully saturated rings. The van der Waals surface area contributed by atoms with Crippen molar-refractivity contribution in [2.45, 2.75) is 19.4 Å². The van der Waals surface area contributed by atoms with Crippen LogP contribution in [-0.2, 0) is 4.79 Å². The van der Waals surface area contributed by atoms with E-state index in [1.54, 1.807) is 61.2 Å². The van der Waals surface area contributed by atoms with Gasteiger partial charge in [0.15, 0.2) is 11.4 Å². The van der Waals surface area contributed by atoms with Crippen LogP contribution in [0.1, 0.15) is 34.6 Å². The number of ether oxygens (including phenoxy) is 1. The predicted molar refractivity (Wildman–Crippen MR) is 123 cm³/mol. The van der Waals surface area contributed by atoms with Gasteiger partial charge in [-0.25, -0.2) is 0 Å². The van der Waals surface area contributed by atoms with Crippen LogP contribution in [0.15, 0.2) is 42.5 Å². The SMILES string of the molecule is CN1CCN(C(=O)c2ccc3c(c2)N(CC(=O)c2ccc(Cl)cc2)C(=O)C(C)(C)O3)CC1. The summed E-state index contributed by atoms with van der Waals surface area (Å²) >= 11 is 5.92. The van der Waals surface area contributed by atoms with E-state index in [0.29, 0.717) is 40.7 Å². The van der Waals surface area contributed by atoms with Gasteiger partial charge in [0.1, 0.15) is 5.75 Å². The summed E-state index contributed by atoms with van der Waals surface area (Å²) in [5, 5.41) is 0.530. The van der Waals surface area contributed by atoms with E-state index >= 15 is 0 Å². The third kappa shape index (κ3) is 4.36. The summed E-state index contributed by atoms with van der Waals surface area (Å²) in [6.45, 7) is 6.10. The third-order valence-corrected chi connectivity index (χ3v) is 6.13. The summed E-state index contributed by atoms with van der Waals surface area (Å²) in [5.74, 6) is -0.193. The van der Waals surface area contributed by atoms with Gasteiger partial charge >= 0.3 is 0 Å². The van der Waals surface area contributed by atoms with Crippen molar-refractivity contribution in [1.29, 1.82) is 0 Å². The number of fused-ring (bicyclic) bond motifs is 1. The Morgan fingerprint density at radius 1 is 1.00 bits per heavy atom. The van der Waals surface area contributed by atoms with E-state index in [1.807, 2.05) is 7.05 Å². The van der Waals surface area contributed by atoms with Crippen molar-refractivity contribution in [1.82, 2.24) is 9.80 Å². The molecule has 2 heterocycles. The lowest BCUT2D eigenvalue weighted by Crippen LogP contribution is -2.54. The first-order valence-electron chi connectivity index (χ1n) is 10.6. The van der Waals surface area contributed by atoms with Gasteiger partial charge in [0, 0.05) is 42.3 Å². The molecule has 0 N–H and O–H groups in total. The number of ketones is 1. The van der Waals surface area contributed by atoms with Crippen molar-refractivity contribution >= 4 is 34.9 Å². The number of amides is 2. The van der Waals surface area contributed by atoms with E-state index in [9.17, 15) is 14.4 Å². The Kier molecular flexibility index (Phi) is 5.97. The van der Waals surface area contributed by atoms with Crippen LogP contribution in [0.4, 0.5) is 5.69 Å². The van der Waals surface area contributed by atoms with Gasteiger partial charge in [-0.05, 0) is 63.4 Å². The van der Waals surface area contributed by atoms with Gasteiger partial charge in [-0.3, -0.25) is 19.3 Å². The monoisotopic (exact) mass is 455 g/mol. The highest BCUT2D eigenvalue weighted by atomic mass is 35.5. The number of halogens is 1. The highest BCUT2D eigenvalue weighted by molar-refractivity contribution is 6.30. The van der Waals surface area contributed by atoms with Crippen molar-refractivity contribution in [3.8, 4) is 5.75 Å². The number of likely N-dealkylation sites (N-methyl/N-ethyl adjacent to an activating group) is 1. The molecule has 168 valence electrons. The number of nitrogens with zero attached hydrogens (tertiary/aromatic N) is 3. The number of carbonyl (C=O) groups is 3. The summed E-state index contributed by atoms with van der Waals surface area (Å²) in [4.78, 5) is 44.6. The fourth-order valence-electron chi connectivity index (χ4n) is 3.92. The number of carbonyl (C=O) groups excluding carboxylic acids is 3. The summed E-state index contributed by atoms with van der Waals surface area (Å²) < 4.78 is 5.91. The van der Waals surface area contributed by atoms with Gasteiger partial charge in [0.05, 0.1) is 12.2 Å². The molecule has 0 atom stereocenters. The minimum absolute atomic E-state index is 0.0952. The Bertz CT molecular complexity index is 1060. The van der Waals surface area contributed by atoms with Gasteiger partial charge in [-0.15, -0.1) is 0 Å². The number of hydrogen-bond donors (Lipinski definition) is 0. The minimum Gasteiger partial charge on any atom is -0.476 e. The summed E-state index contributed by atoms with van der Waals surface area (Å²) in [5.41, 5.74) is 0.221. The summed E-state index contributed by atoms with van der Waals surface area (Å²) in [7, 11) is 2.03. The maximum Gasteiger partial charge on any atom is 0.271 e. The number of rotatable bonds is 4. The first-order chi connectivity index (χ1) is 15.2. The van der Waals surface area contributed by atoms with Crippen LogP contribution in [-0.4, -0.2) is 72.8 Å². The predicted octanol–water partition coefficient (Wildman–Crippen LogP) is 3.11. The second-order valence-corrected chi connectivity index (χ2v) is 9.15. The standard InChI is InChI=1S/C24H26ClN3O4/c1-24(2)23(31)28(15-20(29)16-4-7-18(25)8-5-16)19-14-17(6-9-21(19)32-24)22(30)27-12-10-26(3)11-13-27/h4-9,14H,10-13,15H2,1-3H3. The average Bonchev–Trinajstić information content (AvgIpc) is 2.77. The van der Waals surface area contributed by atoms with Crippen LogP contribution >= 0.6 is 11.6 Å². The number of hydrogen-bond acceptors (Lipinski definition) is 5. The largest absolute Gasteiger partial charge is 0.476 e. The second kappa shape index (κ2) is 8.56. The normalized spacial score (nSPS) is 18.2. The molecule has 32 heavy (non-hydrogen) atoms. The summed E-state index contributed by atoms with van der Waals surface area (Å²) in [6.07, 6.45) is 0. The number of benzene rings is 2. The molecule has 7 nitrogen and oxygen atoms in total. The maximum absolute atomic E-state index is 13.2. The third-order valence-electron chi connectivity index (χ3n) is 5.88. The van der Waals surface area contributed by atoms with E-state index in [4.69, 9.17) is 16.3 Å². The lowest BCUT2D eigenvalue weighted by molar-refractivity contribution is -0.132. The zero-order valence-corrected chi connectivity index (χ0v) is 19.2. The molecule has 0 saturated carbocycles. The molecule has 0 aromatic heterocycles. The highest BCUT2D eigenvalue weighted by Gasteiger charge is 2.42. The number of Topliss-reactive ketones (excluding diaryl/α,β-unsaturated/α-hetero) is 1. The van der Waals surface area contributed by atoms with Gasteiger partial charge < -0.3 is 14.5 Å². The maximum atomic E-state index is 13.2. The van der Waals surface area contributed by atoms with Gasteiger partial charge in [-0.1, -0.05) is 11.6 Å². The van der Waals surface area contributed by atoms with Crippen LogP contribution in [0.25, 0.3) is 0 Å². The number of anilines is 1. The zero-order valence-electron chi connectivity index (χ0n) is 18.4.